The Bertz CT molecular complexity index is 884. The molecular formula is C25H26N2OS. The van der Waals surface area contributed by atoms with Gasteiger partial charge in [-0.3, -0.25) is 4.79 Å². The van der Waals surface area contributed by atoms with Gasteiger partial charge in [-0.15, -0.1) is 11.8 Å². The zero-order chi connectivity index (χ0) is 19.9. The van der Waals surface area contributed by atoms with Crippen LogP contribution >= 0.6 is 11.8 Å². The molecule has 1 amide bonds. The number of carbonyl (C=O) groups excluding carboxylic acids is 1. The molecule has 0 bridgehead atoms. The van der Waals surface area contributed by atoms with Gasteiger partial charge in [0.2, 0.25) is 5.91 Å². The van der Waals surface area contributed by atoms with Crippen molar-refractivity contribution in [3.05, 3.63) is 96.1 Å². The fourth-order valence-electron chi connectivity index (χ4n) is 3.80. The maximum atomic E-state index is 12.8. The Morgan fingerprint density at radius 2 is 1.38 bits per heavy atom. The topological polar surface area (TPSA) is 32.3 Å². The molecular weight excluding hydrogens is 376 g/mol. The van der Waals surface area contributed by atoms with Crippen LogP contribution in [0.3, 0.4) is 0 Å². The molecule has 3 nitrogen and oxygen atoms in total. The Labute approximate surface area is 177 Å². The molecule has 0 unspecified atom stereocenters. The van der Waals surface area contributed by atoms with Crippen LogP contribution in [0.4, 0.5) is 11.4 Å². The van der Waals surface area contributed by atoms with Crippen molar-refractivity contribution in [3.8, 4) is 0 Å². The number of nitrogens with zero attached hydrogens (tertiary/aromatic N) is 1. The Kier molecular flexibility index (Phi) is 6.52. The minimum atomic E-state index is 0.0403. The first-order valence-electron chi connectivity index (χ1n) is 10.2. The van der Waals surface area contributed by atoms with Crippen molar-refractivity contribution in [1.82, 2.24) is 0 Å². The minimum Gasteiger partial charge on any atom is -0.370 e. The molecule has 1 N–H and O–H groups in total. The summed E-state index contributed by atoms with van der Waals surface area (Å²) in [5.41, 5.74) is 4.48. The third-order valence-electron chi connectivity index (χ3n) is 5.21. The van der Waals surface area contributed by atoms with E-state index < -0.39 is 0 Å². The summed E-state index contributed by atoms with van der Waals surface area (Å²) in [6.07, 6.45) is 2.43. The Hall–Kier alpha value is -2.72. The molecule has 1 aliphatic heterocycles. The molecule has 1 heterocycles. The second kappa shape index (κ2) is 9.66. The maximum Gasteiger partial charge on any atom is 0.234 e. The lowest BCUT2D eigenvalue weighted by Crippen LogP contribution is -2.22. The first-order chi connectivity index (χ1) is 14.3. The molecule has 4 rings (SSSR count). The summed E-state index contributed by atoms with van der Waals surface area (Å²) in [6, 6.07) is 28.9. The van der Waals surface area contributed by atoms with Crippen LogP contribution in [0.15, 0.2) is 84.9 Å². The van der Waals surface area contributed by atoms with Crippen LogP contribution < -0.4 is 10.2 Å². The van der Waals surface area contributed by atoms with Crippen molar-refractivity contribution < 1.29 is 4.79 Å². The van der Waals surface area contributed by atoms with Crippen molar-refractivity contribution in [2.75, 3.05) is 29.1 Å². The van der Waals surface area contributed by atoms with Gasteiger partial charge in [-0.2, -0.15) is 0 Å². The van der Waals surface area contributed by atoms with Gasteiger partial charge < -0.3 is 10.2 Å². The van der Waals surface area contributed by atoms with Gasteiger partial charge in [0.05, 0.1) is 22.4 Å². The van der Waals surface area contributed by atoms with Crippen molar-refractivity contribution in [2.24, 2.45) is 0 Å². The number of para-hydroxylation sites is 2. The van der Waals surface area contributed by atoms with E-state index in [0.29, 0.717) is 5.75 Å². The smallest absolute Gasteiger partial charge is 0.234 e. The van der Waals surface area contributed by atoms with Gasteiger partial charge in [0.25, 0.3) is 0 Å². The van der Waals surface area contributed by atoms with E-state index in [4.69, 9.17) is 0 Å². The number of thioether (sulfide) groups is 1. The lowest BCUT2D eigenvalue weighted by Gasteiger charge is -2.22. The summed E-state index contributed by atoms with van der Waals surface area (Å²) in [7, 11) is 0. The first kappa shape index (κ1) is 19.6. The average molecular weight is 403 g/mol. The summed E-state index contributed by atoms with van der Waals surface area (Å²) >= 11 is 1.67. The number of nitrogens with one attached hydrogen (secondary N) is 1. The van der Waals surface area contributed by atoms with Crippen molar-refractivity contribution >= 4 is 29.0 Å². The molecule has 1 fully saturated rings. The molecule has 148 valence electrons. The van der Waals surface area contributed by atoms with Gasteiger partial charge in [-0.25, -0.2) is 0 Å². The molecule has 1 saturated heterocycles. The van der Waals surface area contributed by atoms with Crippen LogP contribution in [-0.4, -0.2) is 24.7 Å². The monoisotopic (exact) mass is 402 g/mol. The van der Waals surface area contributed by atoms with E-state index in [0.717, 1.165) is 24.5 Å². The Morgan fingerprint density at radius 3 is 2.00 bits per heavy atom. The van der Waals surface area contributed by atoms with E-state index >= 15 is 0 Å². The van der Waals surface area contributed by atoms with E-state index in [1.165, 1.54) is 24.0 Å². The number of benzene rings is 3. The second-order valence-electron chi connectivity index (χ2n) is 7.27. The molecule has 3 aromatic rings. The number of anilines is 2. The van der Waals surface area contributed by atoms with Crippen LogP contribution in [0.25, 0.3) is 0 Å². The van der Waals surface area contributed by atoms with E-state index in [-0.39, 0.29) is 11.2 Å². The number of amides is 1. The van der Waals surface area contributed by atoms with Crippen LogP contribution in [-0.2, 0) is 4.79 Å². The average Bonchev–Trinajstić information content (AvgIpc) is 3.31. The summed E-state index contributed by atoms with van der Waals surface area (Å²) in [5.74, 6) is 0.446. The largest absolute Gasteiger partial charge is 0.370 e. The van der Waals surface area contributed by atoms with Gasteiger partial charge in [0, 0.05) is 13.1 Å². The Morgan fingerprint density at radius 1 is 0.828 bits per heavy atom. The third-order valence-corrected chi connectivity index (χ3v) is 6.52. The molecule has 1 aliphatic rings. The van der Waals surface area contributed by atoms with Gasteiger partial charge >= 0.3 is 0 Å². The highest BCUT2D eigenvalue weighted by Crippen LogP contribution is 2.36. The van der Waals surface area contributed by atoms with Gasteiger partial charge in [0.15, 0.2) is 0 Å². The van der Waals surface area contributed by atoms with E-state index in [2.05, 4.69) is 64.8 Å². The number of carbonyl (C=O) groups is 1. The molecule has 4 heteroatoms. The quantitative estimate of drug-likeness (QED) is 0.546. The summed E-state index contributed by atoms with van der Waals surface area (Å²) in [6.45, 7) is 2.12. The fourth-order valence-corrected chi connectivity index (χ4v) is 4.89. The fraction of sp³-hybridized carbons (Fsp3) is 0.240. The first-order valence-corrected chi connectivity index (χ1v) is 11.2. The molecule has 0 spiro atoms. The van der Waals surface area contributed by atoms with E-state index in [1.54, 1.807) is 11.8 Å². The number of hydrogen-bond donors (Lipinski definition) is 1. The normalized spacial score (nSPS) is 13.6. The predicted molar refractivity (Wildman–Crippen MR) is 124 cm³/mol. The highest BCUT2D eigenvalue weighted by molar-refractivity contribution is 8.00. The van der Waals surface area contributed by atoms with Gasteiger partial charge in [-0.1, -0.05) is 72.8 Å². The number of rotatable bonds is 7. The zero-order valence-corrected chi connectivity index (χ0v) is 17.3. The van der Waals surface area contributed by atoms with Crippen molar-refractivity contribution in [2.45, 2.75) is 18.1 Å². The van der Waals surface area contributed by atoms with E-state index in [9.17, 15) is 4.79 Å². The highest BCUT2D eigenvalue weighted by atomic mass is 32.2. The minimum absolute atomic E-state index is 0.0403. The summed E-state index contributed by atoms with van der Waals surface area (Å²) in [4.78, 5) is 15.2. The summed E-state index contributed by atoms with van der Waals surface area (Å²) < 4.78 is 0. The lowest BCUT2D eigenvalue weighted by molar-refractivity contribution is -0.113. The molecule has 0 radical (unpaired) electrons. The van der Waals surface area contributed by atoms with Gasteiger partial charge in [0.1, 0.15) is 0 Å². The molecule has 0 atom stereocenters. The molecule has 0 aliphatic carbocycles. The second-order valence-corrected chi connectivity index (χ2v) is 8.37. The Balaban J connectivity index is 1.45. The molecule has 3 aromatic carbocycles. The predicted octanol–water partition coefficient (Wildman–Crippen LogP) is 5.75. The molecule has 0 aromatic heterocycles. The van der Waals surface area contributed by atoms with E-state index in [1.807, 2.05) is 30.3 Å². The maximum absolute atomic E-state index is 12.8. The van der Waals surface area contributed by atoms with Crippen LogP contribution in [0, 0.1) is 0 Å². The van der Waals surface area contributed by atoms with Crippen molar-refractivity contribution in [1.29, 1.82) is 0 Å². The van der Waals surface area contributed by atoms with Crippen LogP contribution in [0.5, 0.6) is 0 Å². The standard InChI is InChI=1S/C25H26N2OS/c28-24(26-22-15-7-8-16-23(22)27-17-9-10-18-27)19-29-25(20-11-3-1-4-12-20)21-13-5-2-6-14-21/h1-8,11-16,25H,9-10,17-19H2,(H,26,28). The molecule has 0 saturated carbocycles. The van der Waals surface area contributed by atoms with Crippen molar-refractivity contribution in [3.63, 3.8) is 0 Å². The van der Waals surface area contributed by atoms with Crippen LogP contribution in [0.2, 0.25) is 0 Å². The van der Waals surface area contributed by atoms with Crippen LogP contribution in [0.1, 0.15) is 29.2 Å². The zero-order valence-electron chi connectivity index (χ0n) is 16.5. The molecule has 29 heavy (non-hydrogen) atoms. The van der Waals surface area contributed by atoms with Gasteiger partial charge in [-0.05, 0) is 36.1 Å². The number of hydrogen-bond acceptors (Lipinski definition) is 3. The third kappa shape index (κ3) is 5.01. The highest BCUT2D eigenvalue weighted by Gasteiger charge is 2.19. The summed E-state index contributed by atoms with van der Waals surface area (Å²) in [5, 5.41) is 3.28. The SMILES string of the molecule is O=C(CSC(c1ccccc1)c1ccccc1)Nc1ccccc1N1CCCC1. The lowest BCUT2D eigenvalue weighted by atomic mass is 10.0.